The SMILES string of the molecule is COc1ccc2c(c1)CCCC2(O)CNS(=O)(=O)c1ccccc1Br. The molecule has 0 radical (unpaired) electrons. The van der Waals surface area contributed by atoms with Gasteiger partial charge < -0.3 is 9.84 Å². The van der Waals surface area contributed by atoms with Crippen molar-refractivity contribution < 1.29 is 18.3 Å². The lowest BCUT2D eigenvalue weighted by Crippen LogP contribution is -2.43. The van der Waals surface area contributed by atoms with Crippen molar-refractivity contribution in [2.45, 2.75) is 29.8 Å². The molecule has 2 N–H and O–H groups in total. The van der Waals surface area contributed by atoms with Crippen LogP contribution in [0.2, 0.25) is 0 Å². The predicted octanol–water partition coefficient (Wildman–Crippen LogP) is 2.96. The first-order chi connectivity index (χ1) is 11.9. The average Bonchev–Trinajstić information content (AvgIpc) is 2.60. The Morgan fingerprint density at radius 2 is 2.04 bits per heavy atom. The molecule has 0 saturated heterocycles. The summed E-state index contributed by atoms with van der Waals surface area (Å²) < 4.78 is 33.4. The number of nitrogens with one attached hydrogen (secondary N) is 1. The van der Waals surface area contributed by atoms with Gasteiger partial charge in [-0.15, -0.1) is 0 Å². The fraction of sp³-hybridized carbons (Fsp3) is 0.333. The summed E-state index contributed by atoms with van der Waals surface area (Å²) >= 11 is 3.26. The first kappa shape index (κ1) is 18.4. The molecule has 1 unspecified atom stereocenters. The lowest BCUT2D eigenvalue weighted by Gasteiger charge is -2.34. The van der Waals surface area contributed by atoms with Crippen molar-refractivity contribution in [3.05, 3.63) is 58.1 Å². The molecule has 0 spiro atoms. The van der Waals surface area contributed by atoms with Gasteiger partial charge in [0, 0.05) is 11.0 Å². The average molecular weight is 426 g/mol. The minimum Gasteiger partial charge on any atom is -0.497 e. The van der Waals surface area contributed by atoms with E-state index in [1.165, 1.54) is 6.07 Å². The molecule has 0 aromatic heterocycles. The van der Waals surface area contributed by atoms with Gasteiger partial charge in [0.1, 0.15) is 11.4 Å². The lowest BCUT2D eigenvalue weighted by molar-refractivity contribution is 0.0242. The van der Waals surface area contributed by atoms with Crippen LogP contribution in [0.1, 0.15) is 24.0 Å². The van der Waals surface area contributed by atoms with Gasteiger partial charge >= 0.3 is 0 Å². The van der Waals surface area contributed by atoms with Crippen LogP contribution in [0, 0.1) is 0 Å². The third-order valence-electron chi connectivity index (χ3n) is 4.53. The molecule has 1 atom stereocenters. The molecule has 0 bridgehead atoms. The van der Waals surface area contributed by atoms with E-state index in [0.29, 0.717) is 10.9 Å². The van der Waals surface area contributed by atoms with Crippen LogP contribution < -0.4 is 9.46 Å². The third kappa shape index (κ3) is 3.74. The molecule has 134 valence electrons. The normalized spacial score (nSPS) is 20.1. The van der Waals surface area contributed by atoms with Crippen molar-refractivity contribution in [2.24, 2.45) is 0 Å². The molecule has 3 rings (SSSR count). The second-order valence-electron chi connectivity index (χ2n) is 6.16. The molecule has 1 aliphatic rings. The Kier molecular flexibility index (Phi) is 5.20. The van der Waals surface area contributed by atoms with E-state index in [9.17, 15) is 13.5 Å². The van der Waals surface area contributed by atoms with E-state index in [2.05, 4.69) is 20.7 Å². The number of halogens is 1. The molecule has 1 aliphatic carbocycles. The summed E-state index contributed by atoms with van der Waals surface area (Å²) in [5, 5.41) is 11.1. The van der Waals surface area contributed by atoms with E-state index in [4.69, 9.17) is 4.74 Å². The maximum absolute atomic E-state index is 12.6. The van der Waals surface area contributed by atoms with Crippen molar-refractivity contribution in [1.82, 2.24) is 4.72 Å². The second kappa shape index (κ2) is 7.07. The largest absolute Gasteiger partial charge is 0.497 e. The molecule has 0 aliphatic heterocycles. The van der Waals surface area contributed by atoms with E-state index in [0.717, 1.165) is 29.7 Å². The molecule has 5 nitrogen and oxygen atoms in total. The van der Waals surface area contributed by atoms with Gasteiger partial charge in [0.25, 0.3) is 0 Å². The highest BCUT2D eigenvalue weighted by Crippen LogP contribution is 2.37. The number of aryl methyl sites for hydroxylation is 1. The number of benzene rings is 2. The number of hydrogen-bond acceptors (Lipinski definition) is 4. The summed E-state index contributed by atoms with van der Waals surface area (Å²) in [6.07, 6.45) is 2.13. The standard InChI is InChI=1S/C18H20BrNO4S/c1-24-14-8-9-15-13(11-14)5-4-10-18(15,21)12-20-25(22,23)17-7-3-2-6-16(17)19/h2-3,6-9,11,20-21H,4-5,10,12H2,1H3. The maximum Gasteiger partial charge on any atom is 0.241 e. The number of methoxy groups -OCH3 is 1. The van der Waals surface area contributed by atoms with Gasteiger partial charge in [-0.25, -0.2) is 13.1 Å². The van der Waals surface area contributed by atoms with Crippen LogP contribution >= 0.6 is 15.9 Å². The van der Waals surface area contributed by atoms with Crippen LogP contribution in [-0.2, 0) is 22.0 Å². The number of sulfonamides is 1. The van der Waals surface area contributed by atoms with E-state index < -0.39 is 15.6 Å². The van der Waals surface area contributed by atoms with Crippen LogP contribution in [0.15, 0.2) is 51.8 Å². The van der Waals surface area contributed by atoms with E-state index >= 15 is 0 Å². The zero-order valence-electron chi connectivity index (χ0n) is 13.8. The Hall–Kier alpha value is -1.41. The van der Waals surface area contributed by atoms with Crippen LogP contribution in [-0.4, -0.2) is 27.2 Å². The zero-order chi connectivity index (χ0) is 18.1. The summed E-state index contributed by atoms with van der Waals surface area (Å²) in [7, 11) is -2.13. The smallest absolute Gasteiger partial charge is 0.241 e. The Morgan fingerprint density at radius 1 is 1.28 bits per heavy atom. The fourth-order valence-corrected chi connectivity index (χ4v) is 5.29. The summed E-state index contributed by atoms with van der Waals surface area (Å²) in [6, 6.07) is 12.1. The molecule has 0 amide bonds. The zero-order valence-corrected chi connectivity index (χ0v) is 16.2. The first-order valence-corrected chi connectivity index (χ1v) is 10.3. The minimum absolute atomic E-state index is 0.0734. The summed E-state index contributed by atoms with van der Waals surface area (Å²) in [5.41, 5.74) is 0.524. The molecular weight excluding hydrogens is 406 g/mol. The molecule has 2 aromatic carbocycles. The Bertz CT molecular complexity index is 884. The van der Waals surface area contributed by atoms with Crippen LogP contribution in [0.4, 0.5) is 0 Å². The van der Waals surface area contributed by atoms with Crippen molar-refractivity contribution in [2.75, 3.05) is 13.7 Å². The highest BCUT2D eigenvalue weighted by atomic mass is 79.9. The molecular formula is C18H20BrNO4S. The summed E-state index contributed by atoms with van der Waals surface area (Å²) in [4.78, 5) is 0.157. The third-order valence-corrected chi connectivity index (χ3v) is 6.94. The Balaban J connectivity index is 1.85. The van der Waals surface area contributed by atoms with E-state index in [1.807, 2.05) is 12.1 Å². The van der Waals surface area contributed by atoms with E-state index in [-0.39, 0.29) is 11.4 Å². The van der Waals surface area contributed by atoms with Gasteiger partial charge in [0.05, 0.1) is 12.0 Å². The van der Waals surface area contributed by atoms with Crippen molar-refractivity contribution in [3.63, 3.8) is 0 Å². The van der Waals surface area contributed by atoms with Crippen molar-refractivity contribution in [1.29, 1.82) is 0 Å². The van der Waals surface area contributed by atoms with E-state index in [1.54, 1.807) is 31.4 Å². The molecule has 7 heteroatoms. The molecule has 0 saturated carbocycles. The minimum atomic E-state index is -3.73. The summed E-state index contributed by atoms with van der Waals surface area (Å²) in [6.45, 7) is -0.0734. The highest BCUT2D eigenvalue weighted by molar-refractivity contribution is 9.10. The monoisotopic (exact) mass is 425 g/mol. The Labute approximate surface area is 156 Å². The van der Waals surface area contributed by atoms with Crippen LogP contribution in [0.3, 0.4) is 0 Å². The fourth-order valence-electron chi connectivity index (χ4n) is 3.20. The molecule has 0 fully saturated rings. The molecule has 25 heavy (non-hydrogen) atoms. The number of rotatable bonds is 5. The lowest BCUT2D eigenvalue weighted by atomic mass is 9.79. The Morgan fingerprint density at radius 3 is 2.76 bits per heavy atom. The van der Waals surface area contributed by atoms with Crippen LogP contribution in [0.25, 0.3) is 0 Å². The second-order valence-corrected chi connectivity index (χ2v) is 8.75. The van der Waals surface area contributed by atoms with Gasteiger partial charge in [0.2, 0.25) is 10.0 Å². The summed E-state index contributed by atoms with van der Waals surface area (Å²) in [5.74, 6) is 0.733. The number of ether oxygens (including phenoxy) is 1. The number of aliphatic hydroxyl groups is 1. The van der Waals surface area contributed by atoms with Gasteiger partial charge in [-0.2, -0.15) is 0 Å². The van der Waals surface area contributed by atoms with Gasteiger partial charge in [-0.3, -0.25) is 0 Å². The first-order valence-electron chi connectivity index (χ1n) is 8.00. The van der Waals surface area contributed by atoms with Crippen molar-refractivity contribution in [3.8, 4) is 5.75 Å². The maximum atomic E-state index is 12.6. The predicted molar refractivity (Wildman–Crippen MR) is 99.2 cm³/mol. The number of fused-ring (bicyclic) bond motifs is 1. The van der Waals surface area contributed by atoms with Gasteiger partial charge in [-0.05, 0) is 70.6 Å². The molecule has 0 heterocycles. The topological polar surface area (TPSA) is 75.6 Å². The van der Waals surface area contributed by atoms with Crippen LogP contribution in [0.5, 0.6) is 5.75 Å². The quantitative estimate of drug-likeness (QED) is 0.771. The van der Waals surface area contributed by atoms with Gasteiger partial charge in [0.15, 0.2) is 0 Å². The highest BCUT2D eigenvalue weighted by Gasteiger charge is 2.36. The van der Waals surface area contributed by atoms with Crippen molar-refractivity contribution >= 4 is 26.0 Å². The number of hydrogen-bond donors (Lipinski definition) is 2. The van der Waals surface area contributed by atoms with Gasteiger partial charge in [-0.1, -0.05) is 18.2 Å². The molecule has 2 aromatic rings.